The third kappa shape index (κ3) is 7.22. The summed E-state index contributed by atoms with van der Waals surface area (Å²) in [5.74, 6) is 2.14. The number of carbonyl (C=O) groups excluding carboxylic acids is 2. The van der Waals surface area contributed by atoms with Crippen molar-refractivity contribution in [2.24, 2.45) is 45.3 Å². The quantitative estimate of drug-likeness (QED) is 0.211. The Hall–Kier alpha value is -1.77. The molecule has 0 aromatic heterocycles. The van der Waals surface area contributed by atoms with Gasteiger partial charge in [-0.2, -0.15) is 0 Å². The molecule has 2 saturated carbocycles. The van der Waals surface area contributed by atoms with E-state index in [1.807, 2.05) is 6.92 Å². The molecule has 1 heterocycles. The van der Waals surface area contributed by atoms with E-state index < -0.39 is 9.84 Å². The second kappa shape index (κ2) is 15.0. The van der Waals surface area contributed by atoms with Gasteiger partial charge in [-0.1, -0.05) is 74.0 Å². The highest BCUT2D eigenvalue weighted by Gasteiger charge is 2.65. The van der Waals surface area contributed by atoms with E-state index in [0.717, 1.165) is 63.6 Å². The zero-order valence-electron chi connectivity index (χ0n) is 34.8. The van der Waals surface area contributed by atoms with Crippen LogP contribution in [0, 0.1) is 45.3 Å². The van der Waals surface area contributed by atoms with Gasteiger partial charge in [-0.25, -0.2) is 8.42 Å². The molecule has 6 rings (SSSR count). The van der Waals surface area contributed by atoms with Crippen molar-refractivity contribution in [3.63, 3.8) is 0 Å². The molecule has 1 aliphatic heterocycles. The van der Waals surface area contributed by atoms with Crippen LogP contribution < -0.4 is 5.32 Å². The van der Waals surface area contributed by atoms with Crippen molar-refractivity contribution >= 4 is 21.6 Å². The van der Waals surface area contributed by atoms with E-state index in [1.165, 1.54) is 42.4 Å². The van der Waals surface area contributed by atoms with Crippen LogP contribution in [0.4, 0.5) is 0 Å². The van der Waals surface area contributed by atoms with Crippen molar-refractivity contribution in [1.29, 1.82) is 0 Å². The number of allylic oxidation sites excluding steroid dienone is 5. The Labute approximate surface area is 322 Å². The molecule has 0 amide bonds. The highest BCUT2D eigenvalue weighted by atomic mass is 32.2. The maximum Gasteiger partial charge on any atom is 0.309 e. The van der Waals surface area contributed by atoms with E-state index in [2.05, 4.69) is 77.8 Å². The lowest BCUT2D eigenvalue weighted by Gasteiger charge is -2.67. The summed E-state index contributed by atoms with van der Waals surface area (Å²) in [6, 6.07) is 0. The summed E-state index contributed by atoms with van der Waals surface area (Å²) in [5, 5.41) is 3.98. The SMILES string of the molecule is CCC[C@@H]1[C@@]2(C)CC=C(C3=CCC(C(=O)OCC)CC3)C(C)(C)[C@@H]2CC[C@@]1(C)[C@]1(C)CC[C@@]2(NCCN3CCS(=O)(=O)CC3)CC(=O)C(C(C)C)=C2C1. The van der Waals surface area contributed by atoms with E-state index >= 15 is 0 Å². The average molecular weight is 753 g/mol. The van der Waals surface area contributed by atoms with Crippen molar-refractivity contribution in [2.45, 2.75) is 145 Å². The molecule has 5 aliphatic carbocycles. The monoisotopic (exact) mass is 753 g/mol. The van der Waals surface area contributed by atoms with Crippen LogP contribution in [0.15, 0.2) is 34.4 Å². The lowest BCUT2D eigenvalue weighted by molar-refractivity contribution is -0.158. The zero-order valence-corrected chi connectivity index (χ0v) is 35.6. The molecule has 7 nitrogen and oxygen atoms in total. The van der Waals surface area contributed by atoms with Gasteiger partial charge in [0.05, 0.1) is 24.0 Å². The van der Waals surface area contributed by atoms with Crippen LogP contribution in [0.3, 0.4) is 0 Å². The number of rotatable bonds is 11. The number of carbonyl (C=O) groups is 2. The molecular weight excluding hydrogens is 681 g/mol. The van der Waals surface area contributed by atoms with Crippen LogP contribution >= 0.6 is 0 Å². The summed E-state index contributed by atoms with van der Waals surface area (Å²) >= 11 is 0. The number of hydrogen-bond donors (Lipinski definition) is 1. The molecular formula is C45H72N2O5S. The van der Waals surface area contributed by atoms with E-state index in [1.54, 1.807) is 0 Å². The van der Waals surface area contributed by atoms with Crippen LogP contribution in [0.2, 0.25) is 0 Å². The van der Waals surface area contributed by atoms with Gasteiger partial charge in [0.2, 0.25) is 0 Å². The minimum atomic E-state index is -2.91. The predicted molar refractivity (Wildman–Crippen MR) is 215 cm³/mol. The first-order valence-electron chi connectivity index (χ1n) is 21.4. The molecule has 6 aliphatic rings. The normalized spacial score (nSPS) is 38.6. The summed E-state index contributed by atoms with van der Waals surface area (Å²) in [6.07, 6.45) is 17.2. The molecule has 8 heteroatoms. The van der Waals surface area contributed by atoms with Gasteiger partial charge in [-0.15, -0.1) is 0 Å². The maximum absolute atomic E-state index is 13.9. The summed E-state index contributed by atoms with van der Waals surface area (Å²) in [4.78, 5) is 28.7. The van der Waals surface area contributed by atoms with Crippen LogP contribution in [0.5, 0.6) is 0 Å². The molecule has 298 valence electrons. The van der Waals surface area contributed by atoms with Crippen molar-refractivity contribution in [2.75, 3.05) is 44.3 Å². The number of nitrogens with one attached hydrogen (secondary N) is 1. The highest BCUT2D eigenvalue weighted by molar-refractivity contribution is 7.91. The van der Waals surface area contributed by atoms with E-state index in [9.17, 15) is 18.0 Å². The Balaban J connectivity index is 1.26. The molecule has 0 bridgehead atoms. The van der Waals surface area contributed by atoms with E-state index in [-0.39, 0.29) is 56.5 Å². The Morgan fingerprint density at radius 2 is 1.72 bits per heavy atom. The fourth-order valence-electron chi connectivity index (χ4n) is 13.1. The summed E-state index contributed by atoms with van der Waals surface area (Å²) in [7, 11) is -2.91. The fourth-order valence-corrected chi connectivity index (χ4v) is 14.4. The lowest BCUT2D eigenvalue weighted by Crippen LogP contribution is -2.61. The van der Waals surface area contributed by atoms with Crippen LogP contribution in [-0.2, 0) is 24.2 Å². The molecule has 0 aromatic carbocycles. The van der Waals surface area contributed by atoms with E-state index in [0.29, 0.717) is 43.7 Å². The minimum absolute atomic E-state index is 0.0111. The maximum atomic E-state index is 13.9. The summed E-state index contributed by atoms with van der Waals surface area (Å²) in [6.45, 7) is 24.8. The first kappa shape index (κ1) is 40.9. The second-order valence-electron chi connectivity index (χ2n) is 19.7. The number of Topliss-reactive ketones (excluding diaryl/α,β-unsaturated/α-hetero) is 1. The van der Waals surface area contributed by atoms with Gasteiger partial charge in [0, 0.05) is 38.1 Å². The van der Waals surface area contributed by atoms with Gasteiger partial charge in [0.1, 0.15) is 0 Å². The number of hydrogen-bond acceptors (Lipinski definition) is 7. The number of sulfone groups is 1. The smallest absolute Gasteiger partial charge is 0.309 e. The highest BCUT2D eigenvalue weighted by Crippen LogP contribution is 2.72. The van der Waals surface area contributed by atoms with Crippen molar-refractivity contribution in [1.82, 2.24) is 10.2 Å². The standard InChI is InChI=1S/C45H72N2O5S/c1-10-12-38-43(8)19-17-34(32-13-15-33(16-14-32)40(49)52-11-2)41(5,6)37(43)18-20-44(38,9)42(7)21-22-45(30-36(48)39(31(3)4)35(45)29-42)46-23-24-47-25-27-53(50,51)28-26-47/h13,17,31,33,37-38,46H,10-12,14-16,18-30H2,1-9H3/t33?,37-,38+,42+,43-,44+,45+/m0/s1. The third-order valence-electron chi connectivity index (χ3n) is 16.2. The number of fused-ring (bicyclic) bond motifs is 2. The first-order valence-corrected chi connectivity index (χ1v) is 23.2. The lowest BCUT2D eigenvalue weighted by atomic mass is 9.37. The molecule has 1 saturated heterocycles. The zero-order chi connectivity index (χ0) is 38.6. The topological polar surface area (TPSA) is 92.8 Å². The molecule has 1 N–H and O–H groups in total. The molecule has 0 aromatic rings. The van der Waals surface area contributed by atoms with Gasteiger partial charge in [0.15, 0.2) is 15.6 Å². The number of ketones is 1. The molecule has 1 unspecified atom stereocenters. The molecule has 7 atom stereocenters. The van der Waals surface area contributed by atoms with Crippen LogP contribution in [0.1, 0.15) is 139 Å². The van der Waals surface area contributed by atoms with Crippen molar-refractivity contribution in [3.8, 4) is 0 Å². The molecule has 53 heavy (non-hydrogen) atoms. The predicted octanol–water partition coefficient (Wildman–Crippen LogP) is 8.65. The van der Waals surface area contributed by atoms with Gasteiger partial charge in [-0.05, 0) is 133 Å². The molecule has 0 radical (unpaired) electrons. The Kier molecular flexibility index (Phi) is 11.5. The Morgan fingerprint density at radius 3 is 2.34 bits per heavy atom. The third-order valence-corrected chi connectivity index (χ3v) is 17.8. The largest absolute Gasteiger partial charge is 0.466 e. The first-order chi connectivity index (χ1) is 24.9. The van der Waals surface area contributed by atoms with Crippen LogP contribution in [-0.4, -0.2) is 74.9 Å². The summed E-state index contributed by atoms with van der Waals surface area (Å²) in [5.41, 5.74) is 5.65. The summed E-state index contributed by atoms with van der Waals surface area (Å²) < 4.78 is 29.4. The average Bonchev–Trinajstić information content (AvgIpc) is 3.38. The minimum Gasteiger partial charge on any atom is -0.466 e. The van der Waals surface area contributed by atoms with Crippen LogP contribution in [0.25, 0.3) is 0 Å². The second-order valence-corrected chi connectivity index (χ2v) is 22.0. The van der Waals surface area contributed by atoms with Gasteiger partial charge in [0.25, 0.3) is 0 Å². The molecule has 3 fully saturated rings. The van der Waals surface area contributed by atoms with Gasteiger partial charge >= 0.3 is 5.97 Å². The van der Waals surface area contributed by atoms with Crippen molar-refractivity contribution in [3.05, 3.63) is 34.4 Å². The number of ether oxygens (including phenoxy) is 1. The van der Waals surface area contributed by atoms with Gasteiger partial charge < -0.3 is 15.0 Å². The molecule has 0 spiro atoms. The Bertz CT molecular complexity index is 1630. The Morgan fingerprint density at radius 1 is 1.00 bits per heavy atom. The van der Waals surface area contributed by atoms with Gasteiger partial charge in [-0.3, -0.25) is 9.59 Å². The van der Waals surface area contributed by atoms with E-state index in [4.69, 9.17) is 4.74 Å². The van der Waals surface area contributed by atoms with Crippen molar-refractivity contribution < 1.29 is 22.7 Å². The number of esters is 1. The number of nitrogens with zero attached hydrogens (tertiary/aromatic N) is 1. The fraction of sp³-hybridized carbons (Fsp3) is 0.822.